The minimum absolute atomic E-state index is 0.696. The fourth-order valence-electron chi connectivity index (χ4n) is 4.12. The van der Waals surface area contributed by atoms with Gasteiger partial charge in [0.25, 0.3) is 0 Å². The van der Waals surface area contributed by atoms with Crippen LogP contribution in [0, 0.1) is 0 Å². The Bertz CT molecular complexity index is 811. The molecule has 31 heavy (non-hydrogen) atoms. The van der Waals surface area contributed by atoms with E-state index in [0.29, 0.717) is 6.54 Å². The van der Waals surface area contributed by atoms with Gasteiger partial charge < -0.3 is 19.5 Å². The monoisotopic (exact) mass is 426 g/mol. The van der Waals surface area contributed by atoms with E-state index in [1.165, 1.54) is 11.1 Å². The molecule has 2 aliphatic rings. The van der Waals surface area contributed by atoms with Crippen molar-refractivity contribution in [2.45, 2.75) is 26.6 Å². The average molecular weight is 427 g/mol. The van der Waals surface area contributed by atoms with E-state index in [2.05, 4.69) is 56.4 Å². The lowest BCUT2D eigenvalue weighted by Gasteiger charge is -2.36. The molecule has 0 amide bonds. The van der Waals surface area contributed by atoms with Crippen LogP contribution in [-0.2, 0) is 24.4 Å². The van der Waals surface area contributed by atoms with Crippen LogP contribution in [0.5, 0.6) is 0 Å². The van der Waals surface area contributed by atoms with Crippen LogP contribution in [0.1, 0.15) is 23.7 Å². The van der Waals surface area contributed by atoms with Crippen LogP contribution >= 0.6 is 0 Å². The largest absolute Gasteiger partial charge is 0.379 e. The normalized spacial score (nSPS) is 19.0. The first-order valence-electron chi connectivity index (χ1n) is 11.3. The number of aliphatic imine (C=N–C) groups is 1. The van der Waals surface area contributed by atoms with Crippen molar-refractivity contribution in [2.24, 2.45) is 4.99 Å². The molecule has 2 fully saturated rings. The SMILES string of the molecule is CCNC(=NCc1ccccc1CN1CCOCC1)N1CCN(Cc2ccon2)CC1. The summed E-state index contributed by atoms with van der Waals surface area (Å²) in [7, 11) is 0. The number of ether oxygens (including phenoxy) is 1. The standard InChI is InChI=1S/C23H34N6O2/c1-2-24-23(29-10-8-27(9-11-29)19-22-7-14-31-26-22)25-17-20-5-3-4-6-21(20)18-28-12-15-30-16-13-28/h3-7,14H,2,8-13,15-19H2,1H3,(H,24,25). The lowest BCUT2D eigenvalue weighted by Crippen LogP contribution is -2.52. The molecule has 0 saturated carbocycles. The van der Waals surface area contributed by atoms with Crippen molar-refractivity contribution >= 4 is 5.96 Å². The van der Waals surface area contributed by atoms with Gasteiger partial charge >= 0.3 is 0 Å². The summed E-state index contributed by atoms with van der Waals surface area (Å²) in [4.78, 5) is 12.2. The van der Waals surface area contributed by atoms with E-state index < -0.39 is 0 Å². The van der Waals surface area contributed by atoms with E-state index in [1.807, 2.05) is 6.07 Å². The Morgan fingerprint density at radius 2 is 1.71 bits per heavy atom. The average Bonchev–Trinajstić information content (AvgIpc) is 3.32. The molecule has 1 aromatic heterocycles. The van der Waals surface area contributed by atoms with E-state index in [4.69, 9.17) is 14.3 Å². The van der Waals surface area contributed by atoms with E-state index in [0.717, 1.165) is 83.8 Å². The molecule has 0 spiro atoms. The summed E-state index contributed by atoms with van der Waals surface area (Å²) in [5, 5.41) is 7.52. The number of hydrogen-bond donors (Lipinski definition) is 1. The van der Waals surface area contributed by atoms with Crippen molar-refractivity contribution < 1.29 is 9.26 Å². The van der Waals surface area contributed by atoms with Crippen LogP contribution in [0.4, 0.5) is 0 Å². The summed E-state index contributed by atoms with van der Waals surface area (Å²) >= 11 is 0. The van der Waals surface area contributed by atoms with Gasteiger partial charge in [-0.25, -0.2) is 4.99 Å². The van der Waals surface area contributed by atoms with Crippen molar-refractivity contribution in [3.05, 3.63) is 53.4 Å². The molecule has 2 aromatic rings. The second-order valence-corrected chi connectivity index (χ2v) is 8.08. The second kappa shape index (κ2) is 11.3. The number of morpholine rings is 1. The van der Waals surface area contributed by atoms with Gasteiger partial charge in [0.05, 0.1) is 25.5 Å². The van der Waals surface area contributed by atoms with Crippen LogP contribution in [0.3, 0.4) is 0 Å². The number of nitrogens with one attached hydrogen (secondary N) is 1. The fourth-order valence-corrected chi connectivity index (χ4v) is 4.12. The molecule has 1 N–H and O–H groups in total. The van der Waals surface area contributed by atoms with E-state index in [-0.39, 0.29) is 0 Å². The van der Waals surface area contributed by atoms with Gasteiger partial charge in [-0.1, -0.05) is 29.4 Å². The highest BCUT2D eigenvalue weighted by Crippen LogP contribution is 2.15. The number of nitrogens with zero attached hydrogens (tertiary/aromatic N) is 5. The third-order valence-electron chi connectivity index (χ3n) is 5.90. The van der Waals surface area contributed by atoms with E-state index in [1.54, 1.807) is 6.26 Å². The molecule has 8 heteroatoms. The third kappa shape index (κ3) is 6.29. The van der Waals surface area contributed by atoms with E-state index >= 15 is 0 Å². The van der Waals surface area contributed by atoms with Crippen LogP contribution in [-0.4, -0.2) is 84.8 Å². The van der Waals surface area contributed by atoms with Gasteiger partial charge in [0.2, 0.25) is 0 Å². The molecular formula is C23H34N6O2. The number of aromatic nitrogens is 1. The number of piperazine rings is 1. The quantitative estimate of drug-likeness (QED) is 0.535. The first-order chi connectivity index (χ1) is 15.3. The molecule has 0 aliphatic carbocycles. The minimum atomic E-state index is 0.696. The second-order valence-electron chi connectivity index (χ2n) is 8.08. The maximum Gasteiger partial charge on any atom is 0.194 e. The van der Waals surface area contributed by atoms with Crippen molar-refractivity contribution in [3.8, 4) is 0 Å². The van der Waals surface area contributed by atoms with Crippen LogP contribution in [0.2, 0.25) is 0 Å². The highest BCUT2D eigenvalue weighted by Gasteiger charge is 2.20. The van der Waals surface area contributed by atoms with Crippen LogP contribution in [0.25, 0.3) is 0 Å². The molecule has 2 aliphatic heterocycles. The van der Waals surface area contributed by atoms with Gasteiger partial charge in [0.1, 0.15) is 6.26 Å². The van der Waals surface area contributed by atoms with Crippen LogP contribution in [0.15, 0.2) is 46.1 Å². The molecule has 3 heterocycles. The summed E-state index contributed by atoms with van der Waals surface area (Å²) in [6, 6.07) is 10.6. The topological polar surface area (TPSA) is 69.4 Å². The van der Waals surface area contributed by atoms with Gasteiger partial charge in [0.15, 0.2) is 5.96 Å². The molecule has 0 unspecified atom stereocenters. The molecule has 168 valence electrons. The number of hydrogen-bond acceptors (Lipinski definition) is 6. The predicted molar refractivity (Wildman–Crippen MR) is 121 cm³/mol. The molecule has 0 atom stereocenters. The highest BCUT2D eigenvalue weighted by atomic mass is 16.5. The zero-order chi connectivity index (χ0) is 21.3. The number of guanidine groups is 1. The Morgan fingerprint density at radius 3 is 2.42 bits per heavy atom. The Kier molecular flexibility index (Phi) is 7.93. The van der Waals surface area contributed by atoms with Crippen LogP contribution < -0.4 is 5.32 Å². The molecule has 1 aromatic carbocycles. The lowest BCUT2D eigenvalue weighted by atomic mass is 10.1. The zero-order valence-corrected chi connectivity index (χ0v) is 18.5. The smallest absolute Gasteiger partial charge is 0.194 e. The van der Waals surface area contributed by atoms with Gasteiger partial charge in [-0.05, 0) is 18.1 Å². The van der Waals surface area contributed by atoms with Crippen molar-refractivity contribution in [1.82, 2.24) is 25.2 Å². The zero-order valence-electron chi connectivity index (χ0n) is 18.5. The number of rotatable bonds is 7. The first-order valence-corrected chi connectivity index (χ1v) is 11.3. The Hall–Kier alpha value is -2.42. The van der Waals surface area contributed by atoms with Crippen molar-refractivity contribution in [1.29, 1.82) is 0 Å². The summed E-state index contributed by atoms with van der Waals surface area (Å²) in [5.41, 5.74) is 3.65. The summed E-state index contributed by atoms with van der Waals surface area (Å²) in [5.74, 6) is 1.00. The third-order valence-corrected chi connectivity index (χ3v) is 5.90. The lowest BCUT2D eigenvalue weighted by molar-refractivity contribution is 0.0341. The maximum atomic E-state index is 5.49. The predicted octanol–water partition coefficient (Wildman–Crippen LogP) is 1.79. The summed E-state index contributed by atoms with van der Waals surface area (Å²) < 4.78 is 10.4. The molecule has 2 saturated heterocycles. The van der Waals surface area contributed by atoms with Gasteiger partial charge in [-0.2, -0.15) is 0 Å². The molecule has 0 radical (unpaired) electrons. The Balaban J connectivity index is 1.36. The molecule has 8 nitrogen and oxygen atoms in total. The van der Waals surface area contributed by atoms with Gasteiger partial charge in [-0.15, -0.1) is 0 Å². The summed E-state index contributed by atoms with van der Waals surface area (Å²) in [6.45, 7) is 13.0. The Labute approximate surface area is 184 Å². The summed E-state index contributed by atoms with van der Waals surface area (Å²) in [6.07, 6.45) is 1.64. The first kappa shape index (κ1) is 21.8. The van der Waals surface area contributed by atoms with Gasteiger partial charge in [-0.3, -0.25) is 9.80 Å². The number of benzene rings is 1. The molecular weight excluding hydrogens is 392 g/mol. The van der Waals surface area contributed by atoms with E-state index in [9.17, 15) is 0 Å². The maximum absolute atomic E-state index is 5.49. The van der Waals surface area contributed by atoms with Crippen molar-refractivity contribution in [2.75, 3.05) is 59.0 Å². The minimum Gasteiger partial charge on any atom is -0.379 e. The van der Waals surface area contributed by atoms with Gasteiger partial charge in [0, 0.05) is 65.0 Å². The Morgan fingerprint density at radius 1 is 0.968 bits per heavy atom. The highest BCUT2D eigenvalue weighted by molar-refractivity contribution is 5.80. The van der Waals surface area contributed by atoms with Crippen molar-refractivity contribution in [3.63, 3.8) is 0 Å². The molecule has 0 bridgehead atoms. The molecule has 4 rings (SSSR count). The fraction of sp³-hybridized carbons (Fsp3) is 0.565.